The van der Waals surface area contributed by atoms with E-state index >= 15 is 0 Å². The smallest absolute Gasteiger partial charge is 0.140 e. The van der Waals surface area contributed by atoms with Crippen molar-refractivity contribution in [3.8, 4) is 5.75 Å². The highest BCUT2D eigenvalue weighted by Crippen LogP contribution is 2.38. The van der Waals surface area contributed by atoms with Crippen molar-refractivity contribution in [2.24, 2.45) is 0 Å². The maximum atomic E-state index is 10.1. The number of aliphatic hydroxyl groups is 1. The quantitative estimate of drug-likeness (QED) is 0.823. The summed E-state index contributed by atoms with van der Waals surface area (Å²) in [4.78, 5) is 0. The molecule has 17 heavy (non-hydrogen) atoms. The summed E-state index contributed by atoms with van der Waals surface area (Å²) in [6.07, 6.45) is 2.23. The monoisotopic (exact) mass is 294 g/mol. The van der Waals surface area contributed by atoms with Gasteiger partial charge in [0.2, 0.25) is 0 Å². The molecule has 94 valence electrons. The number of ether oxygens (including phenoxy) is 1. The number of halogens is 3. The minimum atomic E-state index is -0.810. The van der Waals surface area contributed by atoms with E-state index in [1.165, 1.54) is 0 Å². The Labute approximate surface area is 115 Å². The molecule has 0 heterocycles. The second kappa shape index (κ2) is 4.85. The van der Waals surface area contributed by atoms with Gasteiger partial charge in [0.1, 0.15) is 11.9 Å². The minimum absolute atomic E-state index is 0.253. The van der Waals surface area contributed by atoms with Crippen LogP contribution < -0.4 is 4.74 Å². The van der Waals surface area contributed by atoms with E-state index in [-0.39, 0.29) is 6.10 Å². The average molecular weight is 296 g/mol. The molecule has 0 aromatic heterocycles. The number of rotatable bonds is 2. The van der Waals surface area contributed by atoms with Crippen molar-refractivity contribution >= 4 is 34.8 Å². The van der Waals surface area contributed by atoms with Crippen LogP contribution in [0.1, 0.15) is 26.2 Å². The van der Waals surface area contributed by atoms with Crippen molar-refractivity contribution in [2.75, 3.05) is 0 Å². The lowest BCUT2D eigenvalue weighted by atomic mass is 10.0. The molecular weight excluding hydrogens is 282 g/mol. The van der Waals surface area contributed by atoms with E-state index in [9.17, 15) is 5.11 Å². The largest absolute Gasteiger partial charge is 0.486 e. The van der Waals surface area contributed by atoms with E-state index in [2.05, 4.69) is 0 Å². The van der Waals surface area contributed by atoms with E-state index < -0.39 is 5.60 Å². The van der Waals surface area contributed by atoms with Gasteiger partial charge in [0.25, 0.3) is 0 Å². The highest BCUT2D eigenvalue weighted by molar-refractivity contribution is 6.43. The summed E-state index contributed by atoms with van der Waals surface area (Å²) in [5.74, 6) is 0.466. The fourth-order valence-corrected chi connectivity index (χ4v) is 2.63. The first kappa shape index (κ1) is 13.3. The topological polar surface area (TPSA) is 29.5 Å². The molecule has 1 saturated carbocycles. The lowest BCUT2D eigenvalue weighted by Gasteiger charge is -2.26. The second-order valence-electron chi connectivity index (χ2n) is 4.55. The average Bonchev–Trinajstić information content (AvgIpc) is 2.55. The predicted molar refractivity (Wildman–Crippen MR) is 70.4 cm³/mol. The first-order valence-electron chi connectivity index (χ1n) is 5.44. The van der Waals surface area contributed by atoms with Gasteiger partial charge in [-0.2, -0.15) is 0 Å². The third-order valence-electron chi connectivity index (χ3n) is 3.09. The van der Waals surface area contributed by atoms with Crippen LogP contribution in [0.3, 0.4) is 0 Å². The predicted octanol–water partition coefficient (Wildman–Crippen LogP) is 4.33. The number of benzene rings is 1. The van der Waals surface area contributed by atoms with Crippen LogP contribution in [0.2, 0.25) is 15.1 Å². The van der Waals surface area contributed by atoms with Crippen LogP contribution in [0.25, 0.3) is 0 Å². The number of hydrogen-bond donors (Lipinski definition) is 1. The van der Waals surface area contributed by atoms with Crippen LogP contribution in [-0.4, -0.2) is 16.8 Å². The second-order valence-corrected chi connectivity index (χ2v) is 5.77. The molecule has 1 fully saturated rings. The van der Waals surface area contributed by atoms with E-state index in [0.29, 0.717) is 20.8 Å². The Morgan fingerprint density at radius 2 is 1.88 bits per heavy atom. The summed E-state index contributed by atoms with van der Waals surface area (Å²) >= 11 is 17.8. The molecule has 1 N–H and O–H groups in total. The van der Waals surface area contributed by atoms with Crippen LogP contribution >= 0.6 is 34.8 Å². The van der Waals surface area contributed by atoms with Crippen LogP contribution in [0.4, 0.5) is 0 Å². The van der Waals surface area contributed by atoms with E-state index in [1.807, 2.05) is 0 Å². The van der Waals surface area contributed by atoms with Crippen LogP contribution in [0, 0.1) is 0 Å². The Morgan fingerprint density at radius 3 is 2.47 bits per heavy atom. The van der Waals surface area contributed by atoms with Crippen LogP contribution in [-0.2, 0) is 0 Å². The lowest BCUT2D eigenvalue weighted by Crippen LogP contribution is -2.37. The normalized spacial score (nSPS) is 28.4. The third kappa shape index (κ3) is 2.82. The Hall–Kier alpha value is -0.150. The standard InChI is InChI=1S/C12H13Cl3O2/c1-12(16)4-2-3-11(12)17-10-6-8(14)7(13)5-9(10)15/h5-6,11,16H,2-4H2,1H3. The van der Waals surface area contributed by atoms with Gasteiger partial charge in [-0.15, -0.1) is 0 Å². The van der Waals surface area contributed by atoms with Gasteiger partial charge in [-0.3, -0.25) is 0 Å². The molecule has 2 atom stereocenters. The van der Waals surface area contributed by atoms with E-state index in [1.54, 1.807) is 19.1 Å². The highest BCUT2D eigenvalue weighted by atomic mass is 35.5. The summed E-state index contributed by atoms with van der Waals surface area (Å²) in [6, 6.07) is 3.13. The van der Waals surface area contributed by atoms with Gasteiger partial charge >= 0.3 is 0 Å². The molecule has 2 rings (SSSR count). The van der Waals surface area contributed by atoms with Gasteiger partial charge in [-0.05, 0) is 32.3 Å². The van der Waals surface area contributed by atoms with Gasteiger partial charge in [0.15, 0.2) is 0 Å². The molecule has 1 aliphatic carbocycles. The van der Waals surface area contributed by atoms with E-state index in [4.69, 9.17) is 39.5 Å². The molecule has 0 spiro atoms. The molecular formula is C12H13Cl3O2. The molecule has 0 saturated heterocycles. The molecule has 0 bridgehead atoms. The number of hydrogen-bond acceptors (Lipinski definition) is 2. The molecule has 0 radical (unpaired) electrons. The highest BCUT2D eigenvalue weighted by Gasteiger charge is 2.38. The van der Waals surface area contributed by atoms with Gasteiger partial charge in [-0.25, -0.2) is 0 Å². The molecule has 5 heteroatoms. The Morgan fingerprint density at radius 1 is 1.24 bits per heavy atom. The van der Waals surface area contributed by atoms with Crippen molar-refractivity contribution in [2.45, 2.75) is 37.9 Å². The fraction of sp³-hybridized carbons (Fsp3) is 0.500. The van der Waals surface area contributed by atoms with Crippen LogP contribution in [0.15, 0.2) is 12.1 Å². The zero-order chi connectivity index (χ0) is 12.6. The molecule has 0 amide bonds. The fourth-order valence-electron chi connectivity index (χ4n) is 2.05. The van der Waals surface area contributed by atoms with Crippen molar-refractivity contribution in [3.63, 3.8) is 0 Å². The molecule has 1 aromatic carbocycles. The summed E-state index contributed by atoms with van der Waals surface area (Å²) < 4.78 is 5.73. The minimum Gasteiger partial charge on any atom is -0.486 e. The third-order valence-corrected chi connectivity index (χ3v) is 4.10. The van der Waals surface area contributed by atoms with Gasteiger partial charge in [-0.1, -0.05) is 34.8 Å². The summed E-state index contributed by atoms with van der Waals surface area (Å²) in [7, 11) is 0. The van der Waals surface area contributed by atoms with Crippen molar-refractivity contribution < 1.29 is 9.84 Å². The maximum absolute atomic E-state index is 10.1. The molecule has 1 aliphatic rings. The molecule has 1 aromatic rings. The Kier molecular flexibility index (Phi) is 3.79. The zero-order valence-electron chi connectivity index (χ0n) is 9.34. The van der Waals surface area contributed by atoms with Crippen molar-refractivity contribution in [3.05, 3.63) is 27.2 Å². The summed E-state index contributed by atoms with van der Waals surface area (Å²) in [6.45, 7) is 1.77. The van der Waals surface area contributed by atoms with Gasteiger partial charge < -0.3 is 9.84 Å². The zero-order valence-corrected chi connectivity index (χ0v) is 11.6. The molecule has 2 nitrogen and oxygen atoms in total. The van der Waals surface area contributed by atoms with Crippen molar-refractivity contribution in [1.82, 2.24) is 0 Å². The van der Waals surface area contributed by atoms with Gasteiger partial charge in [0, 0.05) is 6.07 Å². The van der Waals surface area contributed by atoms with Crippen molar-refractivity contribution in [1.29, 1.82) is 0 Å². The maximum Gasteiger partial charge on any atom is 0.140 e. The summed E-state index contributed by atoms with van der Waals surface area (Å²) in [5, 5.41) is 11.3. The lowest BCUT2D eigenvalue weighted by molar-refractivity contribution is -0.0251. The van der Waals surface area contributed by atoms with Crippen LogP contribution in [0.5, 0.6) is 5.75 Å². The van der Waals surface area contributed by atoms with Gasteiger partial charge in [0.05, 0.1) is 20.7 Å². The SMILES string of the molecule is CC1(O)CCCC1Oc1cc(Cl)c(Cl)cc1Cl. The van der Waals surface area contributed by atoms with E-state index in [0.717, 1.165) is 19.3 Å². The Bertz CT molecular complexity index is 432. The molecule has 0 aliphatic heterocycles. The first-order chi connectivity index (χ1) is 7.90. The first-order valence-corrected chi connectivity index (χ1v) is 6.57. The summed E-state index contributed by atoms with van der Waals surface area (Å²) in [5.41, 5.74) is -0.810. The molecule has 2 unspecified atom stereocenters. The Balaban J connectivity index is 2.22.